The third-order valence-electron chi connectivity index (χ3n) is 6.00. The highest BCUT2D eigenvalue weighted by molar-refractivity contribution is 6.30. The minimum Gasteiger partial charge on any atom is -0.332 e. The molecule has 1 N–H and O–H groups in total. The maximum absolute atomic E-state index is 12.6. The average molecular weight is 404 g/mol. The van der Waals surface area contributed by atoms with E-state index in [2.05, 4.69) is 15.2 Å². The topological polar surface area (TPSA) is 52.9 Å². The van der Waals surface area contributed by atoms with Crippen molar-refractivity contribution in [2.75, 3.05) is 32.7 Å². The van der Waals surface area contributed by atoms with Crippen molar-refractivity contribution < 1.29 is 4.79 Å². The molecule has 2 fully saturated rings. The van der Waals surface area contributed by atoms with E-state index < -0.39 is 0 Å². The molecule has 0 atom stereocenters. The SMILES string of the molecule is O=C(NCc1cn2cc(Cl)ccc2n1)N1CCCN(CC2CCCCC2)CC1. The Kier molecular flexibility index (Phi) is 6.37. The number of rotatable bonds is 4. The van der Waals surface area contributed by atoms with E-state index >= 15 is 0 Å². The molecule has 1 aliphatic carbocycles. The predicted octanol–water partition coefficient (Wildman–Crippen LogP) is 3.79. The van der Waals surface area contributed by atoms with Gasteiger partial charge in [0.25, 0.3) is 0 Å². The Labute approximate surface area is 171 Å². The molecule has 2 aromatic heterocycles. The highest BCUT2D eigenvalue weighted by Crippen LogP contribution is 2.24. The summed E-state index contributed by atoms with van der Waals surface area (Å²) in [5, 5.41) is 3.70. The fraction of sp³-hybridized carbons (Fsp3) is 0.619. The number of aromatic nitrogens is 2. The van der Waals surface area contributed by atoms with Gasteiger partial charge in [0.05, 0.1) is 17.3 Å². The maximum Gasteiger partial charge on any atom is 0.317 e. The number of nitrogens with zero attached hydrogens (tertiary/aromatic N) is 4. The molecular formula is C21H30ClN5O. The number of carbonyl (C=O) groups is 1. The van der Waals surface area contributed by atoms with Crippen LogP contribution in [0.4, 0.5) is 4.79 Å². The Morgan fingerprint density at radius 3 is 2.79 bits per heavy atom. The van der Waals surface area contributed by atoms with Crippen LogP contribution in [-0.2, 0) is 6.54 Å². The molecule has 28 heavy (non-hydrogen) atoms. The molecule has 0 bridgehead atoms. The highest BCUT2D eigenvalue weighted by atomic mass is 35.5. The summed E-state index contributed by atoms with van der Waals surface area (Å²) in [4.78, 5) is 21.7. The fourth-order valence-electron chi connectivity index (χ4n) is 4.47. The Hall–Kier alpha value is -1.79. The quantitative estimate of drug-likeness (QED) is 0.845. The number of halogens is 1. The van der Waals surface area contributed by atoms with Gasteiger partial charge in [-0.3, -0.25) is 0 Å². The van der Waals surface area contributed by atoms with Crippen LogP contribution < -0.4 is 5.32 Å². The van der Waals surface area contributed by atoms with Crippen molar-refractivity contribution in [2.24, 2.45) is 5.92 Å². The normalized spacial score (nSPS) is 19.7. The van der Waals surface area contributed by atoms with Gasteiger partial charge in [-0.1, -0.05) is 30.9 Å². The number of hydrogen-bond acceptors (Lipinski definition) is 3. The van der Waals surface area contributed by atoms with Crippen LogP contribution in [0.3, 0.4) is 0 Å². The van der Waals surface area contributed by atoms with Gasteiger partial charge in [0, 0.05) is 38.6 Å². The van der Waals surface area contributed by atoms with Crippen LogP contribution in [0.2, 0.25) is 5.02 Å². The zero-order chi connectivity index (χ0) is 19.3. The van der Waals surface area contributed by atoms with E-state index in [0.29, 0.717) is 11.6 Å². The molecule has 2 amide bonds. The molecule has 2 aromatic rings. The summed E-state index contributed by atoms with van der Waals surface area (Å²) in [7, 11) is 0. The van der Waals surface area contributed by atoms with Crippen LogP contribution in [-0.4, -0.2) is 57.9 Å². The Balaban J connectivity index is 1.26. The van der Waals surface area contributed by atoms with Crippen molar-refractivity contribution in [3.8, 4) is 0 Å². The minimum absolute atomic E-state index is 0.00889. The standard InChI is InChI=1S/C21H30ClN5O/c22-18-7-8-20-24-19(16-27(20)15-18)13-23-21(28)26-10-4-9-25(11-12-26)14-17-5-2-1-3-6-17/h7-8,15-17H,1-6,9-14H2,(H,23,28). The lowest BCUT2D eigenvalue weighted by Crippen LogP contribution is -2.42. The first-order valence-corrected chi connectivity index (χ1v) is 10.9. The second-order valence-electron chi connectivity index (χ2n) is 8.15. The number of fused-ring (bicyclic) bond motifs is 1. The Morgan fingerprint density at radius 2 is 1.93 bits per heavy atom. The molecule has 0 unspecified atom stereocenters. The van der Waals surface area contributed by atoms with Crippen LogP contribution >= 0.6 is 11.6 Å². The molecule has 3 heterocycles. The van der Waals surface area contributed by atoms with Crippen molar-refractivity contribution >= 4 is 23.3 Å². The number of nitrogens with one attached hydrogen (secondary N) is 1. The Morgan fingerprint density at radius 1 is 1.07 bits per heavy atom. The van der Waals surface area contributed by atoms with E-state index in [1.165, 1.54) is 38.6 Å². The summed E-state index contributed by atoms with van der Waals surface area (Å²) in [5.41, 5.74) is 1.67. The third-order valence-corrected chi connectivity index (χ3v) is 6.23. The van der Waals surface area contributed by atoms with Crippen LogP contribution in [0.25, 0.3) is 5.65 Å². The third kappa shape index (κ3) is 4.97. The predicted molar refractivity (Wildman–Crippen MR) is 112 cm³/mol. The van der Waals surface area contributed by atoms with E-state index in [-0.39, 0.29) is 6.03 Å². The number of urea groups is 1. The van der Waals surface area contributed by atoms with E-state index in [0.717, 1.165) is 49.9 Å². The second-order valence-corrected chi connectivity index (χ2v) is 8.59. The molecule has 152 valence electrons. The largest absolute Gasteiger partial charge is 0.332 e. The first-order chi connectivity index (χ1) is 13.7. The van der Waals surface area contributed by atoms with Gasteiger partial charge in [0.1, 0.15) is 5.65 Å². The van der Waals surface area contributed by atoms with Gasteiger partial charge in [-0.25, -0.2) is 9.78 Å². The van der Waals surface area contributed by atoms with E-state index in [9.17, 15) is 4.79 Å². The molecule has 0 spiro atoms. The summed E-state index contributed by atoms with van der Waals surface area (Å²) in [6.07, 6.45) is 11.7. The lowest BCUT2D eigenvalue weighted by molar-refractivity contribution is 0.189. The summed E-state index contributed by atoms with van der Waals surface area (Å²) in [5.74, 6) is 0.859. The monoisotopic (exact) mass is 403 g/mol. The number of carbonyl (C=O) groups excluding carboxylic acids is 1. The molecule has 7 heteroatoms. The van der Waals surface area contributed by atoms with E-state index in [4.69, 9.17) is 11.6 Å². The summed E-state index contributed by atoms with van der Waals surface area (Å²) in [6, 6.07) is 3.71. The summed E-state index contributed by atoms with van der Waals surface area (Å²) < 4.78 is 1.89. The molecule has 6 nitrogen and oxygen atoms in total. The van der Waals surface area contributed by atoms with Crippen LogP contribution in [0.1, 0.15) is 44.2 Å². The van der Waals surface area contributed by atoms with E-state index in [1.54, 1.807) is 0 Å². The van der Waals surface area contributed by atoms with E-state index in [1.807, 2.05) is 33.8 Å². The first-order valence-electron chi connectivity index (χ1n) is 10.6. The Bertz CT molecular complexity index is 801. The zero-order valence-corrected chi connectivity index (χ0v) is 17.2. The lowest BCUT2D eigenvalue weighted by atomic mass is 9.89. The van der Waals surface area contributed by atoms with Gasteiger partial charge in [-0.2, -0.15) is 0 Å². The minimum atomic E-state index is 0.00889. The number of amides is 2. The lowest BCUT2D eigenvalue weighted by Gasteiger charge is -2.28. The number of hydrogen-bond donors (Lipinski definition) is 1. The maximum atomic E-state index is 12.6. The van der Waals surface area contributed by atoms with Crippen molar-refractivity contribution in [2.45, 2.75) is 45.1 Å². The van der Waals surface area contributed by atoms with Gasteiger partial charge < -0.3 is 19.5 Å². The van der Waals surface area contributed by atoms with Gasteiger partial charge in [0.2, 0.25) is 0 Å². The van der Waals surface area contributed by atoms with Gasteiger partial charge in [0.15, 0.2) is 0 Å². The molecule has 1 saturated heterocycles. The van der Waals surface area contributed by atoms with Crippen molar-refractivity contribution in [1.29, 1.82) is 0 Å². The smallest absolute Gasteiger partial charge is 0.317 e. The van der Waals surface area contributed by atoms with Gasteiger partial charge in [-0.15, -0.1) is 0 Å². The molecule has 1 aliphatic heterocycles. The van der Waals surface area contributed by atoms with Gasteiger partial charge >= 0.3 is 6.03 Å². The number of pyridine rings is 1. The van der Waals surface area contributed by atoms with Gasteiger partial charge in [-0.05, 0) is 43.9 Å². The van der Waals surface area contributed by atoms with Crippen molar-refractivity contribution in [3.05, 3.63) is 35.2 Å². The molecule has 2 aliphatic rings. The fourth-order valence-corrected chi connectivity index (χ4v) is 4.64. The van der Waals surface area contributed by atoms with Crippen molar-refractivity contribution in [1.82, 2.24) is 24.5 Å². The van der Waals surface area contributed by atoms with Crippen molar-refractivity contribution in [3.63, 3.8) is 0 Å². The first kappa shape index (κ1) is 19.5. The highest BCUT2D eigenvalue weighted by Gasteiger charge is 2.22. The van der Waals surface area contributed by atoms with Crippen LogP contribution in [0.5, 0.6) is 0 Å². The zero-order valence-electron chi connectivity index (χ0n) is 16.4. The summed E-state index contributed by atoms with van der Waals surface area (Å²) >= 11 is 6.02. The molecule has 1 saturated carbocycles. The molecular weight excluding hydrogens is 374 g/mol. The van der Waals surface area contributed by atoms with Crippen LogP contribution in [0, 0.1) is 5.92 Å². The second kappa shape index (κ2) is 9.14. The summed E-state index contributed by atoms with van der Waals surface area (Å²) in [6.45, 7) is 5.36. The molecule has 0 radical (unpaired) electrons. The number of imidazole rings is 1. The average Bonchev–Trinajstić information content (AvgIpc) is 2.96. The molecule has 4 rings (SSSR count). The molecule has 0 aromatic carbocycles. The van der Waals surface area contributed by atoms with Crippen LogP contribution in [0.15, 0.2) is 24.5 Å².